The zero-order valence-corrected chi connectivity index (χ0v) is 28.3. The lowest BCUT2D eigenvalue weighted by Gasteiger charge is -2.25. The molecule has 8 rings (SSSR count). The van der Waals surface area contributed by atoms with Crippen molar-refractivity contribution in [3.63, 3.8) is 0 Å². The summed E-state index contributed by atoms with van der Waals surface area (Å²) < 4.78 is 4.62. The minimum Gasteiger partial charge on any atom is -0.507 e. The van der Waals surface area contributed by atoms with Gasteiger partial charge in [-0.3, -0.25) is 0 Å². The lowest BCUT2D eigenvalue weighted by Crippen LogP contribution is -1.99. The fourth-order valence-electron chi connectivity index (χ4n) is 7.47. The summed E-state index contributed by atoms with van der Waals surface area (Å²) in [5, 5.41) is 56.2. The first-order valence-corrected chi connectivity index (χ1v) is 18.0. The van der Waals surface area contributed by atoms with Gasteiger partial charge in [0.05, 0.1) is 3.57 Å². The molecule has 47 heavy (non-hydrogen) atoms. The molecule has 0 radical (unpaired) electrons. The van der Waals surface area contributed by atoms with Gasteiger partial charge in [0, 0.05) is 38.2 Å². The van der Waals surface area contributed by atoms with Gasteiger partial charge in [0.15, 0.2) is 0 Å². The molecule has 0 aliphatic heterocycles. The van der Waals surface area contributed by atoms with Crippen LogP contribution in [-0.4, -0.2) is 24.9 Å². The van der Waals surface area contributed by atoms with E-state index in [0.717, 1.165) is 49.0 Å². The number of rotatable bonds is 3. The van der Waals surface area contributed by atoms with Crippen LogP contribution in [0.1, 0.15) is 16.7 Å². The number of hydrogen-bond donors (Lipinski definition) is 4. The Balaban J connectivity index is 1.74. The smallest absolute Gasteiger partial charge is 0.140 e. The lowest BCUT2D eigenvalue weighted by atomic mass is 9.79. The summed E-state index contributed by atoms with van der Waals surface area (Å²) in [4.78, 5) is 0. The Labute approximate surface area is 281 Å². The fraction of sp³-hybridized carbons (Fsp3) is 0.0714. The molecule has 4 N–H and O–H groups in total. The molecule has 0 aromatic heterocycles. The number of benzene rings is 8. The van der Waals surface area contributed by atoms with Gasteiger partial charge in [0.1, 0.15) is 23.0 Å². The Morgan fingerprint density at radius 2 is 1.04 bits per heavy atom. The van der Waals surface area contributed by atoms with Crippen LogP contribution in [0.25, 0.3) is 76.1 Å². The van der Waals surface area contributed by atoms with Crippen molar-refractivity contribution in [3.05, 3.63) is 117 Å². The molecular weight excluding hydrogens is 695 g/mol. The Kier molecular flexibility index (Phi) is 6.67. The van der Waals surface area contributed by atoms with Crippen LogP contribution < -0.4 is 0 Å². The monoisotopic (exact) mass is 726 g/mol. The number of fused-ring (bicyclic) bond motifs is 6. The Morgan fingerprint density at radius 1 is 0.468 bits per heavy atom. The summed E-state index contributed by atoms with van der Waals surface area (Å²) in [6.07, 6.45) is 0. The summed E-state index contributed by atoms with van der Waals surface area (Å²) in [6.45, 7) is 5.46. The Bertz CT molecular complexity index is 2670. The minimum atomic E-state index is -0.984. The average Bonchev–Trinajstić information content (AvgIpc) is 3.10. The van der Waals surface area contributed by atoms with E-state index in [0.29, 0.717) is 47.4 Å². The number of halogens is 1. The van der Waals surface area contributed by atoms with E-state index in [1.54, 1.807) is 6.92 Å². The first kappa shape index (κ1) is 29.3. The highest BCUT2D eigenvalue weighted by Crippen LogP contribution is 2.57. The van der Waals surface area contributed by atoms with Crippen molar-refractivity contribution in [2.24, 2.45) is 0 Å². The van der Waals surface area contributed by atoms with Gasteiger partial charge < -0.3 is 20.4 Å². The number of hydrogen-bond acceptors (Lipinski definition) is 4. The molecule has 0 heterocycles. The average molecular weight is 727 g/mol. The van der Waals surface area contributed by atoms with Gasteiger partial charge in [-0.2, -0.15) is 0 Å². The van der Waals surface area contributed by atoms with E-state index in [1.807, 2.05) is 56.3 Å². The molecule has 8 aromatic carbocycles. The standard InChI is InChI=1S/C42H31IO4/c1-21-32-34(27-18-17-24-11-5-6-12-25(24)19-27)33-22(2)41(46)38(43-4)42(47)37(33)35(36(32)40(45)23(3)39(21)44)31-20-26-13-7-8-14-28(26)29-15-9-10-16-30(29)31/h5-20,44-47H,4H2,1-3H3. The molecule has 5 heteroatoms. The van der Waals surface area contributed by atoms with Crippen LogP contribution in [0.2, 0.25) is 0 Å². The molecule has 0 atom stereocenters. The van der Waals surface area contributed by atoms with Crippen molar-refractivity contribution in [1.29, 1.82) is 0 Å². The predicted octanol–water partition coefficient (Wildman–Crippen LogP) is 11.1. The fourth-order valence-corrected chi connectivity index (χ4v) is 8.87. The van der Waals surface area contributed by atoms with Gasteiger partial charge in [0.25, 0.3) is 0 Å². The largest absolute Gasteiger partial charge is 0.507 e. The second-order valence-electron chi connectivity index (χ2n) is 12.2. The molecule has 0 spiro atoms. The maximum Gasteiger partial charge on any atom is 0.140 e. The highest BCUT2D eigenvalue weighted by Gasteiger charge is 2.30. The normalized spacial score (nSPS) is 11.8. The van der Waals surface area contributed by atoms with Crippen LogP contribution in [-0.2, 0) is 0 Å². The predicted molar refractivity (Wildman–Crippen MR) is 206 cm³/mol. The van der Waals surface area contributed by atoms with E-state index >= 15 is 0 Å². The van der Waals surface area contributed by atoms with Crippen LogP contribution in [0.15, 0.2) is 97.1 Å². The van der Waals surface area contributed by atoms with Crippen LogP contribution >= 0.6 is 20.7 Å². The molecule has 0 saturated heterocycles. The van der Waals surface area contributed by atoms with E-state index in [1.165, 1.54) is 0 Å². The summed E-state index contributed by atoms with van der Waals surface area (Å²) in [5.74, 6) is -0.0242. The highest BCUT2D eigenvalue weighted by molar-refractivity contribution is 14.2. The molecule has 8 aromatic rings. The van der Waals surface area contributed by atoms with Crippen molar-refractivity contribution in [3.8, 4) is 45.3 Å². The molecule has 0 unspecified atom stereocenters. The van der Waals surface area contributed by atoms with Gasteiger partial charge in [0.2, 0.25) is 0 Å². The van der Waals surface area contributed by atoms with E-state index in [-0.39, 0.29) is 23.0 Å². The maximum atomic E-state index is 12.3. The first-order valence-electron chi connectivity index (χ1n) is 15.4. The van der Waals surface area contributed by atoms with Gasteiger partial charge in [-0.05, 0) is 87.5 Å². The summed E-state index contributed by atoms with van der Waals surface area (Å²) >= 11 is -0.984. The zero-order valence-electron chi connectivity index (χ0n) is 26.1. The third-order valence-electron chi connectivity index (χ3n) is 9.77. The highest BCUT2D eigenvalue weighted by atomic mass is 127. The second kappa shape index (κ2) is 10.7. The molecule has 0 fully saturated rings. The van der Waals surface area contributed by atoms with Crippen LogP contribution in [0.4, 0.5) is 0 Å². The van der Waals surface area contributed by atoms with Crippen molar-refractivity contribution in [2.45, 2.75) is 20.8 Å². The van der Waals surface area contributed by atoms with Crippen LogP contribution in [0.5, 0.6) is 23.0 Å². The number of aryl methyl sites for hydroxylation is 2. The van der Waals surface area contributed by atoms with Gasteiger partial charge >= 0.3 is 0 Å². The van der Waals surface area contributed by atoms with Crippen molar-refractivity contribution >= 4 is 79.1 Å². The summed E-state index contributed by atoms with van der Waals surface area (Å²) in [7, 11) is 0. The van der Waals surface area contributed by atoms with Crippen LogP contribution in [0, 0.1) is 24.3 Å². The Morgan fingerprint density at radius 3 is 1.74 bits per heavy atom. The van der Waals surface area contributed by atoms with Crippen molar-refractivity contribution in [1.82, 2.24) is 0 Å². The van der Waals surface area contributed by atoms with Gasteiger partial charge in [-0.1, -0.05) is 110 Å². The van der Waals surface area contributed by atoms with Gasteiger partial charge in [-0.25, -0.2) is 0 Å². The lowest BCUT2D eigenvalue weighted by molar-refractivity contribution is 0.445. The number of aromatic hydroxyl groups is 4. The first-order chi connectivity index (χ1) is 22.7. The molecule has 0 saturated carbocycles. The van der Waals surface area contributed by atoms with E-state index in [4.69, 9.17) is 0 Å². The molecular formula is C42H31IO4. The molecule has 0 bridgehead atoms. The molecule has 230 valence electrons. The minimum absolute atomic E-state index is 0.0112. The maximum absolute atomic E-state index is 12.3. The molecule has 4 nitrogen and oxygen atoms in total. The number of phenolic OH excluding ortho intramolecular Hbond substituents is 4. The second-order valence-corrected chi connectivity index (χ2v) is 14.1. The van der Waals surface area contributed by atoms with Gasteiger partial charge in [-0.15, -0.1) is 0 Å². The van der Waals surface area contributed by atoms with Crippen LogP contribution in [0.3, 0.4) is 0 Å². The zero-order chi connectivity index (χ0) is 32.7. The quantitative estimate of drug-likeness (QED) is 0.0830. The molecule has 0 amide bonds. The summed E-state index contributed by atoms with van der Waals surface area (Å²) in [6, 6.07) is 32.8. The molecule has 0 aliphatic rings. The topological polar surface area (TPSA) is 80.9 Å². The number of phenols is 4. The van der Waals surface area contributed by atoms with Crippen molar-refractivity contribution < 1.29 is 20.4 Å². The van der Waals surface area contributed by atoms with E-state index < -0.39 is 20.7 Å². The third kappa shape index (κ3) is 4.09. The molecule has 0 aliphatic carbocycles. The summed E-state index contributed by atoms with van der Waals surface area (Å²) in [5.41, 5.74) is 4.67. The Hall–Kier alpha value is -5.14. The van der Waals surface area contributed by atoms with E-state index in [2.05, 4.69) is 59.1 Å². The van der Waals surface area contributed by atoms with E-state index in [9.17, 15) is 20.4 Å². The van der Waals surface area contributed by atoms with Crippen molar-refractivity contribution in [2.75, 3.05) is 0 Å². The SMILES string of the molecule is C=Ic1c(O)c(C)c2c(-c3ccc4ccccc4c3)c3c(C)c(O)c(C)c(O)c3c(-c3cc4ccccc4c4ccccc34)c2c1O. The third-order valence-corrected chi connectivity index (χ3v) is 11.6.